The quantitative estimate of drug-likeness (QED) is 0.103. The number of aliphatic hydroxyl groups excluding tert-OH is 1. The Bertz CT molecular complexity index is 1550. The van der Waals surface area contributed by atoms with E-state index in [0.29, 0.717) is 30.6 Å². The van der Waals surface area contributed by atoms with Crippen LogP contribution in [0, 0.1) is 30.7 Å². The molecular formula is C37H42IrNO2-. The molecule has 1 aliphatic carbocycles. The second kappa shape index (κ2) is 14.2. The van der Waals surface area contributed by atoms with Crippen LogP contribution in [0.25, 0.3) is 44.3 Å². The van der Waals surface area contributed by atoms with E-state index in [9.17, 15) is 9.90 Å². The van der Waals surface area contributed by atoms with Crippen molar-refractivity contribution in [1.29, 1.82) is 0 Å². The van der Waals surface area contributed by atoms with Crippen LogP contribution in [0.2, 0.25) is 0 Å². The molecule has 0 bridgehead atoms. The summed E-state index contributed by atoms with van der Waals surface area (Å²) in [7, 11) is 0. The minimum Gasteiger partial charge on any atom is -0.512 e. The number of hydrogen-bond donors (Lipinski definition) is 1. The Labute approximate surface area is 259 Å². The van der Waals surface area contributed by atoms with Crippen LogP contribution in [-0.4, -0.2) is 15.9 Å². The molecule has 1 N–H and O–H groups in total. The van der Waals surface area contributed by atoms with E-state index in [-0.39, 0.29) is 31.6 Å². The number of hydrogen-bond acceptors (Lipinski definition) is 3. The Kier molecular flexibility index (Phi) is 11.2. The number of benzene rings is 3. The fraction of sp³-hybridized carbons (Fsp3) is 0.351. The van der Waals surface area contributed by atoms with Crippen LogP contribution in [0.5, 0.6) is 0 Å². The zero-order valence-electron chi connectivity index (χ0n) is 25.3. The van der Waals surface area contributed by atoms with Gasteiger partial charge in [-0.15, -0.1) is 29.3 Å². The van der Waals surface area contributed by atoms with Crippen molar-refractivity contribution in [2.45, 2.75) is 67.7 Å². The predicted molar refractivity (Wildman–Crippen MR) is 168 cm³/mol. The average molecular weight is 725 g/mol. The summed E-state index contributed by atoms with van der Waals surface area (Å²) in [5.74, 6) is 1.60. The van der Waals surface area contributed by atoms with Crippen molar-refractivity contribution >= 4 is 16.6 Å². The van der Waals surface area contributed by atoms with Gasteiger partial charge in [-0.05, 0) is 51.9 Å². The minimum absolute atomic E-state index is 0. The summed E-state index contributed by atoms with van der Waals surface area (Å²) < 4.78 is 0. The van der Waals surface area contributed by atoms with Crippen molar-refractivity contribution in [1.82, 2.24) is 4.98 Å². The Morgan fingerprint density at radius 2 is 1.51 bits per heavy atom. The summed E-state index contributed by atoms with van der Waals surface area (Å²) in [5.41, 5.74) is 9.80. The standard InChI is InChI=1S/C26H22N.C11H20O2.Ir/c1-16(2)13-18-11-12-23-24(14-18)21-8-5-4-7-20(21)22-10-6-9-19-17(3)15-27-26(23)25(19)22;1-8(2)5-10(12)7-11(13)6-9(3)4;/h4-11,14-16H,13H2,1-3H3;7-9,12H,5-6H2,1-4H3;/q-1;;/b;10-7-;. The normalized spacial score (nSPS) is 11.9. The maximum Gasteiger partial charge on any atom is 0.159 e. The molecule has 4 aromatic rings. The molecular weight excluding hydrogens is 683 g/mol. The van der Waals surface area contributed by atoms with Crippen LogP contribution < -0.4 is 0 Å². The van der Waals surface area contributed by atoms with Crippen molar-refractivity contribution in [3.63, 3.8) is 0 Å². The number of aromatic nitrogens is 1. The van der Waals surface area contributed by atoms with Gasteiger partial charge in [0.2, 0.25) is 0 Å². The molecule has 0 aliphatic heterocycles. The molecule has 41 heavy (non-hydrogen) atoms. The average Bonchev–Trinajstić information content (AvgIpc) is 2.99. The molecule has 0 atom stereocenters. The molecule has 4 heteroatoms. The molecule has 1 heterocycles. The number of allylic oxidation sites excluding steroid dienone is 2. The van der Waals surface area contributed by atoms with E-state index in [2.05, 4.69) is 81.4 Å². The third kappa shape index (κ3) is 7.82. The van der Waals surface area contributed by atoms with Gasteiger partial charge in [0.15, 0.2) is 5.78 Å². The zero-order chi connectivity index (χ0) is 29.0. The Balaban J connectivity index is 0.000000284. The van der Waals surface area contributed by atoms with Crippen molar-refractivity contribution in [2.75, 3.05) is 0 Å². The molecule has 1 aliphatic rings. The molecule has 3 aromatic carbocycles. The van der Waals surface area contributed by atoms with E-state index in [1.165, 1.54) is 50.2 Å². The molecule has 217 valence electrons. The summed E-state index contributed by atoms with van der Waals surface area (Å²) in [5, 5.41) is 11.9. The van der Waals surface area contributed by atoms with Gasteiger partial charge in [-0.3, -0.25) is 4.79 Å². The number of rotatable bonds is 7. The first-order valence-electron chi connectivity index (χ1n) is 14.5. The number of aliphatic hydroxyl groups is 1. The van der Waals surface area contributed by atoms with Crippen molar-refractivity contribution in [3.8, 4) is 33.5 Å². The predicted octanol–water partition coefficient (Wildman–Crippen LogP) is 9.94. The molecule has 5 rings (SSSR count). The van der Waals surface area contributed by atoms with Gasteiger partial charge in [-0.1, -0.05) is 107 Å². The topological polar surface area (TPSA) is 50.2 Å². The molecule has 0 unspecified atom stereocenters. The SMILES string of the molecule is CC(C)CC(=O)/C=C(\O)CC(C)C.Cc1cnc2c3c(cccc13)-c1ccccc1-c1cc(CC(C)C)c[c-]c1-2.[Ir]. The first-order chi connectivity index (χ1) is 19.0. The number of carbonyl (C=O) groups excluding carboxylic acids is 1. The van der Waals surface area contributed by atoms with E-state index in [1.54, 1.807) is 0 Å². The molecule has 1 aromatic heterocycles. The number of pyridine rings is 1. The van der Waals surface area contributed by atoms with Gasteiger partial charge in [-0.25, -0.2) is 0 Å². The van der Waals surface area contributed by atoms with E-state index in [0.717, 1.165) is 17.7 Å². The third-order valence-corrected chi connectivity index (χ3v) is 7.06. The van der Waals surface area contributed by atoms with Crippen LogP contribution in [0.4, 0.5) is 0 Å². The second-order valence-electron chi connectivity index (χ2n) is 12.3. The fourth-order valence-corrected chi connectivity index (χ4v) is 5.46. The monoisotopic (exact) mass is 725 g/mol. The maximum absolute atomic E-state index is 11.2. The minimum atomic E-state index is 0. The second-order valence-corrected chi connectivity index (χ2v) is 12.3. The van der Waals surface area contributed by atoms with Crippen LogP contribution >= 0.6 is 0 Å². The maximum atomic E-state index is 11.2. The van der Waals surface area contributed by atoms with Gasteiger partial charge < -0.3 is 10.1 Å². The Hall–Kier alpha value is -3.07. The summed E-state index contributed by atoms with van der Waals surface area (Å²) in [6, 6.07) is 23.4. The van der Waals surface area contributed by atoms with E-state index in [4.69, 9.17) is 4.98 Å². The smallest absolute Gasteiger partial charge is 0.159 e. The number of carbonyl (C=O) groups is 1. The molecule has 1 radical (unpaired) electrons. The third-order valence-electron chi connectivity index (χ3n) is 7.06. The largest absolute Gasteiger partial charge is 0.512 e. The van der Waals surface area contributed by atoms with Crippen molar-refractivity contribution in [3.05, 3.63) is 89.8 Å². The van der Waals surface area contributed by atoms with Gasteiger partial charge in [0.05, 0.1) is 5.76 Å². The van der Waals surface area contributed by atoms with E-state index >= 15 is 0 Å². The number of fused-ring (bicyclic) bond motifs is 5. The molecule has 0 spiro atoms. The fourth-order valence-electron chi connectivity index (χ4n) is 5.46. The van der Waals surface area contributed by atoms with Gasteiger partial charge in [0, 0.05) is 45.2 Å². The molecule has 0 amide bonds. The molecule has 0 saturated carbocycles. The van der Waals surface area contributed by atoms with Gasteiger partial charge in [-0.2, -0.15) is 0 Å². The number of aryl methyl sites for hydroxylation is 1. The van der Waals surface area contributed by atoms with Gasteiger partial charge in [0.25, 0.3) is 0 Å². The van der Waals surface area contributed by atoms with Crippen molar-refractivity contribution < 1.29 is 30.0 Å². The summed E-state index contributed by atoms with van der Waals surface area (Å²) in [6.45, 7) is 14.7. The van der Waals surface area contributed by atoms with E-state index < -0.39 is 0 Å². The van der Waals surface area contributed by atoms with Crippen LogP contribution in [0.3, 0.4) is 0 Å². The van der Waals surface area contributed by atoms with Gasteiger partial charge in [0.1, 0.15) is 0 Å². The molecule has 3 nitrogen and oxygen atoms in total. The number of nitrogens with zero attached hydrogens (tertiary/aromatic N) is 1. The summed E-state index contributed by atoms with van der Waals surface area (Å²) >= 11 is 0. The van der Waals surface area contributed by atoms with Crippen molar-refractivity contribution in [2.24, 2.45) is 17.8 Å². The first-order valence-corrected chi connectivity index (χ1v) is 14.5. The molecule has 0 fully saturated rings. The first kappa shape index (κ1) is 32.4. The summed E-state index contributed by atoms with van der Waals surface area (Å²) in [6.07, 6.45) is 5.53. The Morgan fingerprint density at radius 3 is 2.15 bits per heavy atom. The van der Waals surface area contributed by atoms with Gasteiger partial charge >= 0.3 is 0 Å². The number of ketones is 1. The Morgan fingerprint density at radius 1 is 0.878 bits per heavy atom. The van der Waals surface area contributed by atoms with Crippen LogP contribution in [0.15, 0.2) is 72.6 Å². The summed E-state index contributed by atoms with van der Waals surface area (Å²) in [4.78, 5) is 16.1. The zero-order valence-corrected chi connectivity index (χ0v) is 27.7. The van der Waals surface area contributed by atoms with Crippen LogP contribution in [-0.2, 0) is 31.3 Å². The van der Waals surface area contributed by atoms with Crippen LogP contribution in [0.1, 0.15) is 65.5 Å². The molecule has 0 saturated heterocycles. The van der Waals surface area contributed by atoms with E-state index in [1.807, 2.05) is 33.9 Å².